The van der Waals surface area contributed by atoms with Crippen molar-refractivity contribution in [2.45, 2.75) is 5.92 Å². The van der Waals surface area contributed by atoms with Gasteiger partial charge in [-0.1, -0.05) is 60.7 Å². The van der Waals surface area contributed by atoms with Crippen LogP contribution in [0, 0.1) is 0 Å². The van der Waals surface area contributed by atoms with Crippen LogP contribution >= 0.6 is 15.9 Å². The van der Waals surface area contributed by atoms with Gasteiger partial charge in [-0.25, -0.2) is 5.43 Å². The quantitative estimate of drug-likeness (QED) is 0.484. The summed E-state index contributed by atoms with van der Waals surface area (Å²) in [4.78, 5) is 12.8. The number of hydrogen-bond acceptors (Lipinski definition) is 3. The zero-order valence-electron chi connectivity index (χ0n) is 13.8. The van der Waals surface area contributed by atoms with Crippen molar-refractivity contribution in [2.75, 3.05) is 0 Å². The van der Waals surface area contributed by atoms with E-state index in [4.69, 9.17) is 0 Å². The number of benzene rings is 3. The maximum Gasteiger partial charge on any atom is 0.252 e. The fraction of sp³-hybridized carbons (Fsp3) is 0.0476. The first-order valence-electron chi connectivity index (χ1n) is 8.06. The first kappa shape index (κ1) is 17.9. The Bertz CT molecular complexity index is 872. The molecular weight excluding hydrogens is 392 g/mol. The minimum atomic E-state index is -0.443. The van der Waals surface area contributed by atoms with E-state index in [1.54, 1.807) is 18.2 Å². The molecule has 26 heavy (non-hydrogen) atoms. The average molecular weight is 409 g/mol. The number of carbonyl (C=O) groups excluding carboxylic acids is 1. The Morgan fingerprint density at radius 2 is 1.54 bits per heavy atom. The van der Waals surface area contributed by atoms with Crippen LogP contribution in [0.5, 0.6) is 5.75 Å². The highest BCUT2D eigenvalue weighted by atomic mass is 79.9. The molecule has 0 fully saturated rings. The van der Waals surface area contributed by atoms with Gasteiger partial charge in [0.2, 0.25) is 0 Å². The summed E-state index contributed by atoms with van der Waals surface area (Å²) in [5, 5.41) is 13.6. The number of nitrogens with zero attached hydrogens (tertiary/aromatic N) is 1. The van der Waals surface area contributed by atoms with Crippen LogP contribution in [-0.2, 0) is 4.79 Å². The van der Waals surface area contributed by atoms with Crippen molar-refractivity contribution in [1.82, 2.24) is 5.43 Å². The Labute approximate surface area is 160 Å². The average Bonchev–Trinajstić information content (AvgIpc) is 2.67. The van der Waals surface area contributed by atoms with E-state index in [0.717, 1.165) is 16.7 Å². The van der Waals surface area contributed by atoms with E-state index in [9.17, 15) is 9.90 Å². The first-order valence-corrected chi connectivity index (χ1v) is 8.86. The van der Waals surface area contributed by atoms with E-state index in [-0.39, 0.29) is 11.7 Å². The predicted molar refractivity (Wildman–Crippen MR) is 106 cm³/mol. The number of hydrogen-bond donors (Lipinski definition) is 2. The van der Waals surface area contributed by atoms with Gasteiger partial charge >= 0.3 is 0 Å². The van der Waals surface area contributed by atoms with Crippen molar-refractivity contribution in [1.29, 1.82) is 0 Å². The SMILES string of the molecule is O=C(N/N=C/c1ccc(O)c(Br)c1)C(c1ccccc1)c1ccccc1. The van der Waals surface area contributed by atoms with Crippen LogP contribution < -0.4 is 5.43 Å². The number of rotatable bonds is 5. The van der Waals surface area contributed by atoms with Gasteiger partial charge in [-0.05, 0) is 50.8 Å². The Hall–Kier alpha value is -2.92. The Morgan fingerprint density at radius 1 is 0.962 bits per heavy atom. The van der Waals surface area contributed by atoms with Gasteiger partial charge in [-0.2, -0.15) is 5.10 Å². The highest BCUT2D eigenvalue weighted by Gasteiger charge is 2.22. The number of carbonyl (C=O) groups is 1. The van der Waals surface area contributed by atoms with Crippen LogP contribution in [0.15, 0.2) is 88.4 Å². The summed E-state index contributed by atoms with van der Waals surface area (Å²) in [6.45, 7) is 0. The summed E-state index contributed by atoms with van der Waals surface area (Å²) in [5.41, 5.74) is 5.17. The fourth-order valence-electron chi connectivity index (χ4n) is 2.62. The minimum Gasteiger partial charge on any atom is -0.507 e. The minimum absolute atomic E-state index is 0.152. The molecule has 0 aliphatic carbocycles. The van der Waals surface area contributed by atoms with Crippen LogP contribution in [0.3, 0.4) is 0 Å². The van der Waals surface area contributed by atoms with Crippen molar-refractivity contribution in [3.8, 4) is 5.75 Å². The molecule has 0 atom stereocenters. The highest BCUT2D eigenvalue weighted by Crippen LogP contribution is 2.25. The monoisotopic (exact) mass is 408 g/mol. The molecule has 3 aromatic carbocycles. The molecule has 0 heterocycles. The maximum absolute atomic E-state index is 12.8. The third kappa shape index (κ3) is 4.37. The molecule has 3 rings (SSSR count). The lowest BCUT2D eigenvalue weighted by molar-refractivity contribution is -0.121. The number of phenols is 1. The van der Waals surface area contributed by atoms with Gasteiger partial charge in [0.05, 0.1) is 16.6 Å². The lowest BCUT2D eigenvalue weighted by Crippen LogP contribution is -2.26. The number of hydrazone groups is 1. The van der Waals surface area contributed by atoms with Crippen molar-refractivity contribution in [3.63, 3.8) is 0 Å². The summed E-state index contributed by atoms with van der Waals surface area (Å²) in [6, 6.07) is 24.2. The Kier molecular flexibility index (Phi) is 5.81. The fourth-order valence-corrected chi connectivity index (χ4v) is 3.02. The van der Waals surface area contributed by atoms with Crippen molar-refractivity contribution >= 4 is 28.1 Å². The summed E-state index contributed by atoms with van der Waals surface area (Å²) >= 11 is 3.25. The molecule has 0 unspecified atom stereocenters. The van der Waals surface area contributed by atoms with Crippen LogP contribution in [-0.4, -0.2) is 17.2 Å². The van der Waals surface area contributed by atoms with Gasteiger partial charge in [0.1, 0.15) is 5.75 Å². The van der Waals surface area contributed by atoms with Crippen molar-refractivity contribution in [2.24, 2.45) is 5.10 Å². The lowest BCUT2D eigenvalue weighted by Gasteiger charge is -2.16. The van der Waals surface area contributed by atoms with Crippen molar-refractivity contribution < 1.29 is 9.90 Å². The van der Waals surface area contributed by atoms with E-state index in [1.807, 2.05) is 60.7 Å². The standard InChI is InChI=1S/C21H17BrN2O2/c22-18-13-15(11-12-19(18)25)14-23-24-21(26)20(16-7-3-1-4-8-16)17-9-5-2-6-10-17/h1-14,20,25H,(H,24,26)/b23-14+. The second-order valence-electron chi connectivity index (χ2n) is 5.70. The molecule has 0 radical (unpaired) electrons. The summed E-state index contributed by atoms with van der Waals surface area (Å²) in [6.07, 6.45) is 1.54. The number of aromatic hydroxyl groups is 1. The summed E-state index contributed by atoms with van der Waals surface area (Å²) in [7, 11) is 0. The predicted octanol–water partition coefficient (Wildman–Crippen LogP) is 4.44. The molecular formula is C21H17BrN2O2. The topological polar surface area (TPSA) is 61.7 Å². The van der Waals surface area contributed by atoms with E-state index in [1.165, 1.54) is 6.21 Å². The molecule has 0 saturated carbocycles. The molecule has 5 heteroatoms. The third-order valence-electron chi connectivity index (χ3n) is 3.89. The molecule has 0 saturated heterocycles. The van der Waals surface area contributed by atoms with Gasteiger partial charge < -0.3 is 5.11 Å². The number of nitrogens with one attached hydrogen (secondary N) is 1. The zero-order valence-corrected chi connectivity index (χ0v) is 15.4. The van der Waals surface area contributed by atoms with Gasteiger partial charge in [-0.3, -0.25) is 4.79 Å². The van der Waals surface area contributed by atoms with E-state index in [0.29, 0.717) is 4.47 Å². The molecule has 0 aromatic heterocycles. The molecule has 3 aromatic rings. The molecule has 0 aliphatic heterocycles. The normalized spacial score (nSPS) is 11.0. The number of amides is 1. The summed E-state index contributed by atoms with van der Waals surface area (Å²) in [5.74, 6) is -0.503. The first-order chi connectivity index (χ1) is 12.6. The molecule has 130 valence electrons. The zero-order chi connectivity index (χ0) is 18.4. The second kappa shape index (κ2) is 8.45. The highest BCUT2D eigenvalue weighted by molar-refractivity contribution is 9.10. The Balaban J connectivity index is 1.80. The van der Waals surface area contributed by atoms with Gasteiger partial charge in [-0.15, -0.1) is 0 Å². The molecule has 0 bridgehead atoms. The van der Waals surface area contributed by atoms with Crippen LogP contribution in [0.1, 0.15) is 22.6 Å². The van der Waals surface area contributed by atoms with E-state index < -0.39 is 5.92 Å². The van der Waals surface area contributed by atoms with E-state index >= 15 is 0 Å². The molecule has 4 nitrogen and oxygen atoms in total. The molecule has 0 spiro atoms. The Morgan fingerprint density at radius 3 is 2.08 bits per heavy atom. The number of halogens is 1. The lowest BCUT2D eigenvalue weighted by atomic mass is 9.91. The van der Waals surface area contributed by atoms with Crippen LogP contribution in [0.2, 0.25) is 0 Å². The number of phenolic OH excluding ortho intramolecular Hbond substituents is 1. The van der Waals surface area contributed by atoms with Gasteiger partial charge in [0.15, 0.2) is 0 Å². The molecule has 2 N–H and O–H groups in total. The van der Waals surface area contributed by atoms with Gasteiger partial charge in [0.25, 0.3) is 5.91 Å². The largest absolute Gasteiger partial charge is 0.507 e. The summed E-state index contributed by atoms with van der Waals surface area (Å²) < 4.78 is 0.569. The second-order valence-corrected chi connectivity index (χ2v) is 6.55. The van der Waals surface area contributed by atoms with Crippen LogP contribution in [0.25, 0.3) is 0 Å². The molecule has 1 amide bonds. The smallest absolute Gasteiger partial charge is 0.252 e. The van der Waals surface area contributed by atoms with E-state index in [2.05, 4.69) is 26.5 Å². The maximum atomic E-state index is 12.8. The van der Waals surface area contributed by atoms with Gasteiger partial charge in [0, 0.05) is 0 Å². The third-order valence-corrected chi connectivity index (χ3v) is 4.52. The van der Waals surface area contributed by atoms with Crippen molar-refractivity contribution in [3.05, 3.63) is 100 Å². The van der Waals surface area contributed by atoms with Crippen LogP contribution in [0.4, 0.5) is 0 Å². The molecule has 0 aliphatic rings.